The van der Waals surface area contributed by atoms with E-state index in [1.807, 2.05) is 0 Å². The van der Waals surface area contributed by atoms with Crippen molar-refractivity contribution < 1.29 is 0 Å². The smallest absolute Gasteiger partial charge is 0.0919 e. The maximum absolute atomic E-state index is 3.67. The number of imidazole rings is 1. The van der Waals surface area contributed by atoms with E-state index in [1.165, 1.54) is 22.7 Å². The summed E-state index contributed by atoms with van der Waals surface area (Å²) in [5.41, 5.74) is 0. The molecule has 0 amide bonds. The zero-order valence-corrected chi connectivity index (χ0v) is 10.2. The van der Waals surface area contributed by atoms with Gasteiger partial charge in [-0.1, -0.05) is 19.4 Å². The minimum atomic E-state index is 0. The summed E-state index contributed by atoms with van der Waals surface area (Å²) in [5.74, 6) is 0. The Morgan fingerprint density at radius 1 is 1.60 bits per heavy atom. The van der Waals surface area contributed by atoms with Gasteiger partial charge in [0.15, 0.2) is 0 Å². The molecule has 1 aromatic rings. The van der Waals surface area contributed by atoms with Gasteiger partial charge in [0.05, 0.1) is 6.33 Å². The lowest BCUT2D eigenvalue weighted by Crippen LogP contribution is -1.55. The molecule has 1 heterocycles. The molecule has 1 N–H and O–H groups in total. The molecular weight excluding hydrogens is 208 g/mol. The van der Waals surface area contributed by atoms with Gasteiger partial charge in [0.25, 0.3) is 0 Å². The van der Waals surface area contributed by atoms with Crippen molar-refractivity contribution in [1.29, 1.82) is 0 Å². The first-order chi connectivity index (χ1) is 4.41. The van der Waals surface area contributed by atoms with Crippen LogP contribution >= 0.6 is 17.0 Å². The molecule has 10 heavy (non-hydrogen) atoms. The van der Waals surface area contributed by atoms with Crippen molar-refractivity contribution in [2.45, 2.75) is 19.4 Å². The van der Waals surface area contributed by atoms with Crippen LogP contribution in [0.5, 0.6) is 0 Å². The Morgan fingerprint density at radius 2 is 2.20 bits per heavy atom. The predicted molar refractivity (Wildman–Crippen MR) is 53.9 cm³/mol. The third-order valence-corrected chi connectivity index (χ3v) is 1.91. The second kappa shape index (κ2) is 11.7. The molecular formula is C6H15BrN2Si. The van der Waals surface area contributed by atoms with E-state index in [1.54, 1.807) is 18.7 Å². The van der Waals surface area contributed by atoms with Crippen LogP contribution < -0.4 is 0 Å². The Labute approximate surface area is 75.6 Å². The molecule has 0 aliphatic heterocycles. The van der Waals surface area contributed by atoms with E-state index < -0.39 is 0 Å². The van der Waals surface area contributed by atoms with Gasteiger partial charge >= 0.3 is 0 Å². The number of rotatable bonds is 1. The fraction of sp³-hybridized carbons (Fsp3) is 0.500. The van der Waals surface area contributed by atoms with Gasteiger partial charge in [0, 0.05) is 22.6 Å². The summed E-state index contributed by atoms with van der Waals surface area (Å²) in [4.78, 5) is 6.42. The first kappa shape index (κ1) is 12.6. The van der Waals surface area contributed by atoms with Crippen molar-refractivity contribution in [3.8, 4) is 0 Å². The third kappa shape index (κ3) is 10.8. The normalized spacial score (nSPS) is 7.30. The largest absolute Gasteiger partial charge is 0.351 e. The predicted octanol–water partition coefficient (Wildman–Crippen LogP) is 1.17. The highest BCUT2D eigenvalue weighted by Crippen LogP contribution is 1.73. The van der Waals surface area contributed by atoms with Crippen LogP contribution in [0.1, 0.15) is 13.3 Å². The van der Waals surface area contributed by atoms with E-state index >= 15 is 0 Å². The van der Waals surface area contributed by atoms with Crippen LogP contribution in [0.2, 0.25) is 6.04 Å². The van der Waals surface area contributed by atoms with Crippen LogP contribution in [0.15, 0.2) is 18.7 Å². The Kier molecular flexibility index (Phi) is 14.7. The van der Waals surface area contributed by atoms with Gasteiger partial charge in [-0.2, -0.15) is 0 Å². The first-order valence-electron chi connectivity index (χ1n) is 3.34. The molecule has 1 aromatic heterocycles. The van der Waals surface area contributed by atoms with Crippen LogP contribution in [0, 0.1) is 0 Å². The van der Waals surface area contributed by atoms with E-state index in [0.29, 0.717) is 0 Å². The third-order valence-electron chi connectivity index (χ3n) is 0.906. The van der Waals surface area contributed by atoms with Crippen molar-refractivity contribution in [1.82, 2.24) is 9.97 Å². The van der Waals surface area contributed by atoms with Crippen molar-refractivity contribution in [2.24, 2.45) is 0 Å². The van der Waals surface area contributed by atoms with Gasteiger partial charge in [-0.05, 0) is 0 Å². The Bertz CT molecular complexity index is 91.3. The topological polar surface area (TPSA) is 28.7 Å². The summed E-state index contributed by atoms with van der Waals surface area (Å²) in [6.07, 6.45) is 6.46. The molecule has 0 fully saturated rings. The summed E-state index contributed by atoms with van der Waals surface area (Å²) < 4.78 is 0. The minimum Gasteiger partial charge on any atom is -0.351 e. The van der Waals surface area contributed by atoms with E-state index in [2.05, 4.69) is 16.9 Å². The number of H-pyrrole nitrogens is 1. The van der Waals surface area contributed by atoms with Gasteiger partial charge in [0.2, 0.25) is 0 Å². The number of halogens is 1. The standard InChI is InChI=1S/C3H4N2.C3H10Si.BrH/c1-2-5-3-4-1;1-2-3-4;/h1-3H,(H,4,5);2-3H2,1,4H3;1H. The zero-order valence-electron chi connectivity index (χ0n) is 6.50. The van der Waals surface area contributed by atoms with Crippen LogP contribution in [-0.2, 0) is 0 Å². The fourth-order valence-corrected chi connectivity index (χ4v) is 0.215. The molecule has 0 bridgehead atoms. The quantitative estimate of drug-likeness (QED) is 0.711. The summed E-state index contributed by atoms with van der Waals surface area (Å²) in [6.45, 7) is 2.22. The molecule has 0 spiro atoms. The minimum absolute atomic E-state index is 0. The van der Waals surface area contributed by atoms with Gasteiger partial charge in [-0.15, -0.1) is 17.0 Å². The second-order valence-corrected chi connectivity index (χ2v) is 2.76. The molecule has 0 aliphatic carbocycles. The van der Waals surface area contributed by atoms with Crippen molar-refractivity contribution in [2.75, 3.05) is 0 Å². The molecule has 0 aromatic carbocycles. The Hall–Kier alpha value is -0.0931. The Balaban J connectivity index is 0. The molecule has 0 atom stereocenters. The van der Waals surface area contributed by atoms with E-state index in [0.717, 1.165) is 0 Å². The summed E-state index contributed by atoms with van der Waals surface area (Å²) >= 11 is 0. The molecule has 0 unspecified atom stereocenters. The molecule has 60 valence electrons. The van der Waals surface area contributed by atoms with Crippen LogP contribution in [0.4, 0.5) is 0 Å². The number of aromatic nitrogens is 2. The van der Waals surface area contributed by atoms with E-state index in [9.17, 15) is 0 Å². The van der Waals surface area contributed by atoms with Crippen molar-refractivity contribution >= 4 is 27.2 Å². The molecule has 0 saturated heterocycles. The Morgan fingerprint density at radius 3 is 2.30 bits per heavy atom. The van der Waals surface area contributed by atoms with Crippen LogP contribution in [-0.4, -0.2) is 20.2 Å². The lowest BCUT2D eigenvalue weighted by Gasteiger charge is -1.67. The maximum Gasteiger partial charge on any atom is 0.0919 e. The van der Waals surface area contributed by atoms with E-state index in [4.69, 9.17) is 0 Å². The SMILES string of the molecule is Br.CCC[SiH3].c1c[nH]cn1. The maximum atomic E-state index is 3.67. The lowest BCUT2D eigenvalue weighted by atomic mass is 10.6. The molecule has 0 saturated carbocycles. The van der Waals surface area contributed by atoms with E-state index in [-0.39, 0.29) is 17.0 Å². The number of nitrogens with one attached hydrogen (secondary N) is 1. The average molecular weight is 223 g/mol. The highest BCUT2D eigenvalue weighted by molar-refractivity contribution is 8.93. The summed E-state index contributed by atoms with van der Waals surface area (Å²) in [7, 11) is 1.39. The molecule has 1 rings (SSSR count). The van der Waals surface area contributed by atoms with Gasteiger partial charge in [-0.3, -0.25) is 0 Å². The number of nitrogens with zero attached hydrogens (tertiary/aromatic N) is 1. The molecule has 4 heteroatoms. The van der Waals surface area contributed by atoms with Crippen molar-refractivity contribution in [3.63, 3.8) is 0 Å². The highest BCUT2D eigenvalue weighted by atomic mass is 79.9. The average Bonchev–Trinajstić information content (AvgIpc) is 2.43. The summed E-state index contributed by atoms with van der Waals surface area (Å²) in [6, 6.07) is 1.46. The van der Waals surface area contributed by atoms with Crippen LogP contribution in [0.25, 0.3) is 0 Å². The fourth-order valence-electron chi connectivity index (χ4n) is 0.215. The molecule has 2 nitrogen and oxygen atoms in total. The molecule has 0 radical (unpaired) electrons. The first-order valence-corrected chi connectivity index (χ1v) is 4.76. The van der Waals surface area contributed by atoms with Crippen molar-refractivity contribution in [3.05, 3.63) is 18.7 Å². The zero-order chi connectivity index (χ0) is 6.95. The number of hydrogen-bond acceptors (Lipinski definition) is 1. The number of aromatic amines is 1. The number of hydrogen-bond donors (Lipinski definition) is 1. The lowest BCUT2D eigenvalue weighted by molar-refractivity contribution is 1.08. The highest BCUT2D eigenvalue weighted by Gasteiger charge is 1.57. The van der Waals surface area contributed by atoms with Gasteiger partial charge < -0.3 is 4.98 Å². The summed E-state index contributed by atoms with van der Waals surface area (Å²) in [5, 5.41) is 0. The monoisotopic (exact) mass is 222 g/mol. The van der Waals surface area contributed by atoms with Gasteiger partial charge in [0.1, 0.15) is 0 Å². The second-order valence-electron chi connectivity index (χ2n) is 1.76. The van der Waals surface area contributed by atoms with Gasteiger partial charge in [-0.25, -0.2) is 4.98 Å². The van der Waals surface area contributed by atoms with Crippen LogP contribution in [0.3, 0.4) is 0 Å². The molecule has 0 aliphatic rings.